The second-order valence-corrected chi connectivity index (χ2v) is 11.6. The first-order valence-corrected chi connectivity index (χ1v) is 15.1. The number of ketones is 1. The summed E-state index contributed by atoms with van der Waals surface area (Å²) in [5.41, 5.74) is 5.44. The monoisotopic (exact) mass is 610 g/mol. The highest BCUT2D eigenvalue weighted by Crippen LogP contribution is 2.38. The summed E-state index contributed by atoms with van der Waals surface area (Å²) in [7, 11) is 1.34. The van der Waals surface area contributed by atoms with Crippen LogP contribution in [-0.2, 0) is 11.3 Å². The Balaban J connectivity index is 1.33. The summed E-state index contributed by atoms with van der Waals surface area (Å²) in [6.07, 6.45) is 5.34. The Bertz CT molecular complexity index is 1860. The van der Waals surface area contributed by atoms with Crippen LogP contribution in [-0.4, -0.2) is 28.4 Å². The number of carbonyl (C=O) groups is 2. The molecular weight excluding hydrogens is 579 g/mol. The Hall–Kier alpha value is -4.49. The standard InChI is InChI=1S/C36H32ClFN2O4/c1-22(41)24-10-15-30(23-8-12-27(37)13-9-23)26(18-24)21-44-29-14-16-31(32(38)20-29)35-39-33-19-25(36(42)43-2)11-17-34(33)40(35)28-6-4-3-5-7-28/h8-20,28H,3-7,21H2,1-2H3. The van der Waals surface area contributed by atoms with Crippen LogP contribution in [0.4, 0.5) is 4.39 Å². The third kappa shape index (κ3) is 5.97. The van der Waals surface area contributed by atoms with Crippen molar-refractivity contribution in [3.63, 3.8) is 0 Å². The molecule has 4 aromatic carbocycles. The molecule has 0 N–H and O–H groups in total. The lowest BCUT2D eigenvalue weighted by atomic mass is 9.94. The molecular formula is C36H32ClFN2O4. The Morgan fingerprint density at radius 2 is 1.64 bits per heavy atom. The lowest BCUT2D eigenvalue weighted by Crippen LogP contribution is -2.14. The van der Waals surface area contributed by atoms with Gasteiger partial charge in [-0.1, -0.05) is 55.1 Å². The first-order chi connectivity index (χ1) is 21.3. The minimum atomic E-state index is -0.460. The minimum absolute atomic E-state index is 0.0520. The molecule has 44 heavy (non-hydrogen) atoms. The number of methoxy groups -OCH3 is 1. The van der Waals surface area contributed by atoms with Gasteiger partial charge in [0.05, 0.1) is 29.3 Å². The van der Waals surface area contributed by atoms with E-state index in [9.17, 15) is 9.59 Å². The van der Waals surface area contributed by atoms with Crippen molar-refractivity contribution in [2.45, 2.75) is 51.7 Å². The summed E-state index contributed by atoms with van der Waals surface area (Å²) in [5, 5.41) is 0.628. The largest absolute Gasteiger partial charge is 0.489 e. The topological polar surface area (TPSA) is 70.4 Å². The van der Waals surface area contributed by atoms with Crippen LogP contribution in [0.5, 0.6) is 5.75 Å². The molecule has 1 fully saturated rings. The maximum absolute atomic E-state index is 15.9. The number of hydrogen-bond acceptors (Lipinski definition) is 5. The summed E-state index contributed by atoms with van der Waals surface area (Å²) in [6.45, 7) is 1.65. The number of ether oxygens (including phenoxy) is 2. The quantitative estimate of drug-likeness (QED) is 0.129. The Morgan fingerprint density at radius 3 is 2.34 bits per heavy atom. The van der Waals surface area contributed by atoms with Crippen LogP contribution in [0.3, 0.4) is 0 Å². The molecule has 0 aliphatic heterocycles. The molecule has 0 spiro atoms. The molecule has 1 aliphatic carbocycles. The summed E-state index contributed by atoms with van der Waals surface area (Å²) in [5.74, 6) is -0.0734. The highest BCUT2D eigenvalue weighted by Gasteiger charge is 2.25. The summed E-state index contributed by atoms with van der Waals surface area (Å²) < 4.78 is 29.0. The lowest BCUT2D eigenvalue weighted by molar-refractivity contribution is 0.0600. The van der Waals surface area contributed by atoms with Gasteiger partial charge in [0.1, 0.15) is 24.0 Å². The molecule has 0 amide bonds. The van der Waals surface area contributed by atoms with Gasteiger partial charge in [0.2, 0.25) is 0 Å². The number of rotatable bonds is 8. The van der Waals surface area contributed by atoms with E-state index in [1.807, 2.05) is 42.5 Å². The van der Waals surface area contributed by atoms with Gasteiger partial charge in [-0.3, -0.25) is 4.79 Å². The van der Waals surface area contributed by atoms with Crippen molar-refractivity contribution in [1.29, 1.82) is 0 Å². The van der Waals surface area contributed by atoms with Gasteiger partial charge in [0.15, 0.2) is 5.78 Å². The summed E-state index contributed by atoms with van der Waals surface area (Å²) >= 11 is 6.09. The molecule has 0 unspecified atom stereocenters. The lowest BCUT2D eigenvalue weighted by Gasteiger charge is -2.25. The predicted octanol–water partition coefficient (Wildman–Crippen LogP) is 9.24. The number of aromatic nitrogens is 2. The molecule has 6 nitrogen and oxygen atoms in total. The SMILES string of the molecule is COC(=O)c1ccc2c(c1)nc(-c1ccc(OCc3cc(C(C)=O)ccc3-c3ccc(Cl)cc3)cc1F)n2C1CCCCC1. The van der Waals surface area contributed by atoms with Gasteiger partial charge in [-0.2, -0.15) is 0 Å². The van der Waals surface area contributed by atoms with Crippen molar-refractivity contribution >= 4 is 34.4 Å². The van der Waals surface area contributed by atoms with Gasteiger partial charge >= 0.3 is 5.97 Å². The maximum Gasteiger partial charge on any atom is 0.337 e. The van der Waals surface area contributed by atoms with E-state index in [0.29, 0.717) is 38.8 Å². The van der Waals surface area contributed by atoms with E-state index in [1.54, 1.807) is 30.3 Å². The van der Waals surface area contributed by atoms with Crippen molar-refractivity contribution in [2.24, 2.45) is 0 Å². The number of Topliss-reactive ketones (excluding diaryl/α,β-unsaturated/α-hetero) is 1. The number of esters is 1. The third-order valence-electron chi connectivity index (χ3n) is 8.29. The molecule has 5 aromatic rings. The van der Waals surface area contributed by atoms with Crippen LogP contribution < -0.4 is 4.74 Å². The van der Waals surface area contributed by atoms with Gasteiger partial charge in [0.25, 0.3) is 0 Å². The average molecular weight is 611 g/mol. The molecule has 0 saturated heterocycles. The number of nitrogens with zero attached hydrogens (tertiary/aromatic N) is 2. The van der Waals surface area contributed by atoms with E-state index in [-0.39, 0.29) is 18.4 Å². The summed E-state index contributed by atoms with van der Waals surface area (Å²) in [6, 6.07) is 23.2. The highest BCUT2D eigenvalue weighted by molar-refractivity contribution is 6.30. The zero-order valence-electron chi connectivity index (χ0n) is 24.6. The van der Waals surface area contributed by atoms with Gasteiger partial charge in [-0.15, -0.1) is 0 Å². The number of fused-ring (bicyclic) bond motifs is 1. The van der Waals surface area contributed by atoms with Crippen molar-refractivity contribution in [3.05, 3.63) is 106 Å². The molecule has 8 heteroatoms. The zero-order valence-corrected chi connectivity index (χ0v) is 25.4. The number of carbonyl (C=O) groups excluding carboxylic acids is 2. The van der Waals surface area contributed by atoms with Crippen LogP contribution in [0.15, 0.2) is 78.9 Å². The van der Waals surface area contributed by atoms with Crippen molar-refractivity contribution in [2.75, 3.05) is 7.11 Å². The van der Waals surface area contributed by atoms with Gasteiger partial charge in [0, 0.05) is 22.7 Å². The fourth-order valence-corrected chi connectivity index (χ4v) is 6.14. The molecule has 6 rings (SSSR count). The van der Waals surface area contributed by atoms with Crippen molar-refractivity contribution < 1.29 is 23.5 Å². The number of hydrogen-bond donors (Lipinski definition) is 0. The Kier molecular flexibility index (Phi) is 8.49. The van der Waals surface area contributed by atoms with Crippen LogP contribution in [0.25, 0.3) is 33.5 Å². The van der Waals surface area contributed by atoms with Crippen LogP contribution >= 0.6 is 11.6 Å². The Labute approximate surface area is 260 Å². The number of imidazole rings is 1. The number of benzene rings is 4. The van der Waals surface area contributed by atoms with Gasteiger partial charge in [-0.25, -0.2) is 14.2 Å². The number of halogens is 2. The molecule has 0 bridgehead atoms. The fourth-order valence-electron chi connectivity index (χ4n) is 6.01. The molecule has 0 atom stereocenters. The molecule has 1 saturated carbocycles. The van der Waals surface area contributed by atoms with E-state index in [2.05, 4.69) is 4.57 Å². The molecule has 1 heterocycles. The second kappa shape index (κ2) is 12.6. The van der Waals surface area contributed by atoms with E-state index >= 15 is 4.39 Å². The van der Waals surface area contributed by atoms with Crippen LogP contribution in [0.1, 0.15) is 71.3 Å². The Morgan fingerprint density at radius 1 is 0.909 bits per heavy atom. The first-order valence-electron chi connectivity index (χ1n) is 14.7. The van der Waals surface area contributed by atoms with Crippen LogP contribution in [0.2, 0.25) is 5.02 Å². The van der Waals surface area contributed by atoms with E-state index in [4.69, 9.17) is 26.1 Å². The normalized spacial score (nSPS) is 13.6. The van der Waals surface area contributed by atoms with Gasteiger partial charge in [-0.05, 0) is 85.0 Å². The predicted molar refractivity (Wildman–Crippen MR) is 170 cm³/mol. The second-order valence-electron chi connectivity index (χ2n) is 11.2. The van der Waals surface area contributed by atoms with E-state index in [0.717, 1.165) is 47.9 Å². The first kappa shape index (κ1) is 29.6. The van der Waals surface area contributed by atoms with Crippen molar-refractivity contribution in [3.8, 4) is 28.3 Å². The molecule has 1 aliphatic rings. The average Bonchev–Trinajstić information content (AvgIpc) is 3.42. The molecule has 0 radical (unpaired) electrons. The molecule has 224 valence electrons. The van der Waals surface area contributed by atoms with Crippen molar-refractivity contribution in [1.82, 2.24) is 9.55 Å². The minimum Gasteiger partial charge on any atom is -0.489 e. The summed E-state index contributed by atoms with van der Waals surface area (Å²) in [4.78, 5) is 29.1. The van der Waals surface area contributed by atoms with E-state index < -0.39 is 11.8 Å². The smallest absolute Gasteiger partial charge is 0.337 e. The zero-order chi connectivity index (χ0) is 30.8. The van der Waals surface area contributed by atoms with Crippen LogP contribution in [0, 0.1) is 5.82 Å². The highest BCUT2D eigenvalue weighted by atomic mass is 35.5. The van der Waals surface area contributed by atoms with E-state index in [1.165, 1.54) is 26.5 Å². The third-order valence-corrected chi connectivity index (χ3v) is 8.55. The molecule has 1 aromatic heterocycles. The fraction of sp³-hybridized carbons (Fsp3) is 0.250. The maximum atomic E-state index is 15.9. The van der Waals surface area contributed by atoms with Gasteiger partial charge < -0.3 is 14.0 Å².